The van der Waals surface area contributed by atoms with Crippen LogP contribution in [0.3, 0.4) is 0 Å². The third kappa shape index (κ3) is 5.43. The highest BCUT2D eigenvalue weighted by Gasteiger charge is 2.22. The number of hydrogen-bond donors (Lipinski definition) is 2. The molecular weight excluding hydrogens is 429 g/mol. The maximum absolute atomic E-state index is 5.97. The van der Waals surface area contributed by atoms with E-state index < -0.39 is 0 Å². The van der Waals surface area contributed by atoms with E-state index in [2.05, 4.69) is 27.1 Å². The van der Waals surface area contributed by atoms with Crippen molar-refractivity contribution in [2.75, 3.05) is 19.6 Å². The highest BCUT2D eigenvalue weighted by Crippen LogP contribution is 2.18. The number of likely N-dealkylation sites (N-methyl/N-ethyl adjacent to an activating group) is 1. The summed E-state index contributed by atoms with van der Waals surface area (Å²) in [5.41, 5.74) is 7.70. The summed E-state index contributed by atoms with van der Waals surface area (Å²) >= 11 is 0. The van der Waals surface area contributed by atoms with Crippen molar-refractivity contribution < 1.29 is 4.42 Å². The van der Waals surface area contributed by atoms with Crippen molar-refractivity contribution in [2.45, 2.75) is 32.4 Å². The van der Waals surface area contributed by atoms with Gasteiger partial charge in [-0.2, -0.15) is 0 Å². The van der Waals surface area contributed by atoms with Gasteiger partial charge >= 0.3 is 0 Å². The zero-order valence-electron chi connectivity index (χ0n) is 14.5. The fraction of sp³-hybridized carbons (Fsp3) is 0.444. The van der Waals surface area contributed by atoms with Crippen molar-refractivity contribution in [1.82, 2.24) is 15.2 Å². The number of oxazole rings is 1. The molecule has 2 aromatic rings. The van der Waals surface area contributed by atoms with Gasteiger partial charge in [0, 0.05) is 18.2 Å². The van der Waals surface area contributed by atoms with E-state index in [1.165, 1.54) is 19.4 Å². The first kappa shape index (κ1) is 19.7. The van der Waals surface area contributed by atoms with Crippen LogP contribution in [0.4, 0.5) is 0 Å². The van der Waals surface area contributed by atoms with Gasteiger partial charge in [-0.25, -0.2) is 9.98 Å². The monoisotopic (exact) mass is 455 g/mol. The molecule has 0 aliphatic carbocycles. The van der Waals surface area contributed by atoms with Crippen molar-refractivity contribution in [3.63, 3.8) is 0 Å². The molecule has 1 saturated heterocycles. The molecule has 3 rings (SSSR count). The number of nitrogens with two attached hydrogens (primary N) is 1. The van der Waals surface area contributed by atoms with Crippen LogP contribution < -0.4 is 11.1 Å². The van der Waals surface area contributed by atoms with Gasteiger partial charge in [0.15, 0.2) is 5.96 Å². The second-order valence-electron chi connectivity index (χ2n) is 6.02. The van der Waals surface area contributed by atoms with E-state index in [1.807, 2.05) is 30.3 Å². The molecule has 1 aliphatic heterocycles. The lowest BCUT2D eigenvalue weighted by Crippen LogP contribution is -2.42. The molecule has 136 valence electrons. The number of aromatic nitrogens is 1. The molecule has 0 spiro atoms. The van der Waals surface area contributed by atoms with Crippen LogP contribution in [0, 0.1) is 0 Å². The number of nitrogens with zero attached hydrogens (tertiary/aromatic N) is 3. The van der Waals surface area contributed by atoms with Gasteiger partial charge in [0.1, 0.15) is 12.0 Å². The van der Waals surface area contributed by atoms with E-state index in [0.717, 1.165) is 24.3 Å². The number of nitrogens with one attached hydrogen (secondary N) is 1. The van der Waals surface area contributed by atoms with Crippen LogP contribution in [-0.4, -0.2) is 41.5 Å². The van der Waals surface area contributed by atoms with Crippen molar-refractivity contribution >= 4 is 29.9 Å². The summed E-state index contributed by atoms with van der Waals surface area (Å²) in [5, 5.41) is 3.23. The Morgan fingerprint density at radius 1 is 1.40 bits per heavy atom. The molecule has 25 heavy (non-hydrogen) atoms. The van der Waals surface area contributed by atoms with Gasteiger partial charge in [-0.1, -0.05) is 25.1 Å². The normalized spacial score (nSPS) is 18.1. The Labute approximate surface area is 165 Å². The maximum atomic E-state index is 5.97. The highest BCUT2D eigenvalue weighted by molar-refractivity contribution is 14.0. The Bertz CT molecular complexity index is 673. The Morgan fingerprint density at radius 2 is 2.20 bits per heavy atom. The molecule has 6 nitrogen and oxygen atoms in total. The van der Waals surface area contributed by atoms with Gasteiger partial charge in [-0.3, -0.25) is 4.90 Å². The minimum atomic E-state index is 0. The largest absolute Gasteiger partial charge is 0.444 e. The van der Waals surface area contributed by atoms with Crippen LogP contribution in [0.2, 0.25) is 0 Å². The molecular formula is C18H26IN5O. The van der Waals surface area contributed by atoms with Crippen LogP contribution in [-0.2, 0) is 6.54 Å². The van der Waals surface area contributed by atoms with Crippen LogP contribution >= 0.6 is 24.0 Å². The van der Waals surface area contributed by atoms with E-state index in [9.17, 15) is 0 Å². The predicted molar refractivity (Wildman–Crippen MR) is 111 cm³/mol. The molecule has 0 radical (unpaired) electrons. The molecule has 1 atom stereocenters. The first-order chi connectivity index (χ1) is 11.8. The van der Waals surface area contributed by atoms with Gasteiger partial charge in [0.2, 0.25) is 5.89 Å². The molecule has 1 unspecified atom stereocenters. The Balaban J connectivity index is 0.00000225. The number of halogens is 1. The number of rotatable bonds is 6. The van der Waals surface area contributed by atoms with Crippen LogP contribution in [0.15, 0.2) is 46.0 Å². The van der Waals surface area contributed by atoms with Gasteiger partial charge in [0.05, 0.1) is 6.54 Å². The van der Waals surface area contributed by atoms with Gasteiger partial charge in [-0.05, 0) is 38.1 Å². The smallest absolute Gasteiger partial charge is 0.226 e. The molecule has 1 aromatic heterocycles. The van der Waals surface area contributed by atoms with Crippen LogP contribution in [0.1, 0.15) is 25.5 Å². The molecule has 1 aromatic carbocycles. The first-order valence-electron chi connectivity index (χ1n) is 8.54. The van der Waals surface area contributed by atoms with Crippen molar-refractivity contribution in [2.24, 2.45) is 10.7 Å². The van der Waals surface area contributed by atoms with E-state index in [0.29, 0.717) is 24.4 Å². The lowest BCUT2D eigenvalue weighted by molar-refractivity contribution is 0.267. The average Bonchev–Trinajstić information content (AvgIpc) is 3.28. The SMILES string of the molecule is CCN1CCCC1CNC(N)=NCc1coc(-c2ccccc2)n1.I. The molecule has 1 fully saturated rings. The summed E-state index contributed by atoms with van der Waals surface area (Å²) in [7, 11) is 0. The molecule has 1 aliphatic rings. The third-order valence-corrected chi connectivity index (χ3v) is 4.41. The summed E-state index contributed by atoms with van der Waals surface area (Å²) in [6.07, 6.45) is 4.12. The molecule has 3 N–H and O–H groups in total. The van der Waals surface area contributed by atoms with Crippen LogP contribution in [0.5, 0.6) is 0 Å². The summed E-state index contributed by atoms with van der Waals surface area (Å²) in [4.78, 5) is 11.3. The van der Waals surface area contributed by atoms with Crippen molar-refractivity contribution in [1.29, 1.82) is 0 Å². The van der Waals surface area contributed by atoms with E-state index >= 15 is 0 Å². The molecule has 0 amide bonds. The predicted octanol–water partition coefficient (Wildman–Crippen LogP) is 2.85. The number of aliphatic imine (C=N–C) groups is 1. The quantitative estimate of drug-likeness (QED) is 0.398. The highest BCUT2D eigenvalue weighted by atomic mass is 127. The second kappa shape index (κ2) is 9.76. The number of hydrogen-bond acceptors (Lipinski definition) is 4. The molecule has 2 heterocycles. The standard InChI is InChI=1S/C18H25N5O.HI/c1-2-23-10-6-9-16(23)12-21-18(19)20-11-15-13-24-17(22-15)14-7-4-3-5-8-14;/h3-5,7-8,13,16H,2,6,9-12H2,1H3,(H3,19,20,21);1H. The lowest BCUT2D eigenvalue weighted by Gasteiger charge is -2.23. The third-order valence-electron chi connectivity index (χ3n) is 4.41. The topological polar surface area (TPSA) is 79.7 Å². The van der Waals surface area contributed by atoms with Gasteiger partial charge < -0.3 is 15.5 Å². The van der Waals surface area contributed by atoms with Crippen molar-refractivity contribution in [3.05, 3.63) is 42.3 Å². The number of benzene rings is 1. The Kier molecular flexibility index (Phi) is 7.70. The molecule has 0 bridgehead atoms. The minimum absolute atomic E-state index is 0. The minimum Gasteiger partial charge on any atom is -0.444 e. The van der Waals surface area contributed by atoms with Gasteiger partial charge in [0.25, 0.3) is 0 Å². The van der Waals surface area contributed by atoms with Crippen LogP contribution in [0.25, 0.3) is 11.5 Å². The van der Waals surface area contributed by atoms with Crippen molar-refractivity contribution in [3.8, 4) is 11.5 Å². The maximum Gasteiger partial charge on any atom is 0.226 e. The fourth-order valence-corrected chi connectivity index (χ4v) is 3.08. The van der Waals surface area contributed by atoms with E-state index in [4.69, 9.17) is 10.2 Å². The molecule has 7 heteroatoms. The summed E-state index contributed by atoms with van der Waals surface area (Å²) in [6, 6.07) is 10.4. The Morgan fingerprint density at radius 3 is 2.96 bits per heavy atom. The molecule has 0 saturated carbocycles. The summed E-state index contributed by atoms with van der Waals surface area (Å²) in [5.74, 6) is 1.07. The number of likely N-dealkylation sites (tertiary alicyclic amines) is 1. The zero-order chi connectivity index (χ0) is 16.8. The summed E-state index contributed by atoms with van der Waals surface area (Å²) in [6.45, 7) is 5.73. The van der Waals surface area contributed by atoms with E-state index in [-0.39, 0.29) is 24.0 Å². The van der Waals surface area contributed by atoms with E-state index in [1.54, 1.807) is 6.26 Å². The lowest BCUT2D eigenvalue weighted by atomic mass is 10.2. The average molecular weight is 455 g/mol. The number of guanidine groups is 1. The van der Waals surface area contributed by atoms with Gasteiger partial charge in [-0.15, -0.1) is 24.0 Å². The second-order valence-corrected chi connectivity index (χ2v) is 6.02. The fourth-order valence-electron chi connectivity index (χ4n) is 3.08. The zero-order valence-corrected chi connectivity index (χ0v) is 16.8. The summed E-state index contributed by atoms with van der Waals surface area (Å²) < 4.78 is 5.50. The Hall–Kier alpha value is -1.61. The first-order valence-corrected chi connectivity index (χ1v) is 8.54.